The van der Waals surface area contributed by atoms with E-state index in [2.05, 4.69) is 71.0 Å². The van der Waals surface area contributed by atoms with Crippen LogP contribution in [-0.4, -0.2) is 32.8 Å². The first kappa shape index (κ1) is 32.3. The van der Waals surface area contributed by atoms with Gasteiger partial charge in [0, 0.05) is 16.7 Å². The number of benzene rings is 3. The number of hydrogen-bond acceptors (Lipinski definition) is 5. The molecule has 1 aromatic heterocycles. The number of hydrogen-bond donors (Lipinski definition) is 1. The number of nitrogens with zero attached hydrogens (tertiary/aromatic N) is 3. The lowest BCUT2D eigenvalue weighted by Crippen LogP contribution is -2.17. The normalized spacial score (nSPS) is 12.0. The van der Waals surface area contributed by atoms with Crippen LogP contribution in [0.15, 0.2) is 60.7 Å². The van der Waals surface area contributed by atoms with Gasteiger partial charge in [-0.05, 0) is 69.5 Å². The van der Waals surface area contributed by atoms with Crippen LogP contribution in [0.1, 0.15) is 93.4 Å². The van der Waals surface area contributed by atoms with Crippen LogP contribution in [0.2, 0.25) is 0 Å². The molecule has 5 heteroatoms. The molecule has 3 aromatic carbocycles. The first-order chi connectivity index (χ1) is 20.8. The van der Waals surface area contributed by atoms with Crippen molar-refractivity contribution in [3.05, 3.63) is 82.9 Å². The standard InChI is InChI=1S/C38H49N3O2/c1-6-7-8-9-10-11-12-13-14-15-32(42)26-43-33-20-18-31(19-21-33)36-39-37(34-22-16-27(2)24-29(34)4)41-38(40-36)35-23-17-28(3)25-30(35)5/h16-25,32,42H,6-15,26H2,1-5H3. The van der Waals surface area contributed by atoms with Gasteiger partial charge in [0.05, 0.1) is 6.10 Å². The zero-order valence-electron chi connectivity index (χ0n) is 26.8. The van der Waals surface area contributed by atoms with Crippen LogP contribution in [0.25, 0.3) is 34.2 Å². The lowest BCUT2D eigenvalue weighted by Gasteiger charge is -2.13. The van der Waals surface area contributed by atoms with Crippen molar-refractivity contribution < 1.29 is 9.84 Å². The molecule has 0 saturated heterocycles. The monoisotopic (exact) mass is 579 g/mol. The molecule has 0 aliphatic carbocycles. The summed E-state index contributed by atoms with van der Waals surface area (Å²) in [4.78, 5) is 14.8. The van der Waals surface area contributed by atoms with Crippen molar-refractivity contribution in [3.8, 4) is 39.9 Å². The minimum Gasteiger partial charge on any atom is -0.491 e. The number of aliphatic hydroxyl groups excluding tert-OH is 1. The van der Waals surface area contributed by atoms with Gasteiger partial charge in [0.2, 0.25) is 0 Å². The molecule has 0 aliphatic heterocycles. The lowest BCUT2D eigenvalue weighted by atomic mass is 10.0. The molecule has 1 unspecified atom stereocenters. The van der Waals surface area contributed by atoms with Gasteiger partial charge in [-0.2, -0.15) is 0 Å². The van der Waals surface area contributed by atoms with Crippen LogP contribution in [0, 0.1) is 27.7 Å². The minimum absolute atomic E-state index is 0.301. The zero-order chi connectivity index (χ0) is 30.6. The summed E-state index contributed by atoms with van der Waals surface area (Å²) < 4.78 is 5.93. The summed E-state index contributed by atoms with van der Waals surface area (Å²) in [5.41, 5.74) is 7.57. The van der Waals surface area contributed by atoms with Gasteiger partial charge < -0.3 is 9.84 Å². The molecular weight excluding hydrogens is 530 g/mol. The average molecular weight is 580 g/mol. The van der Waals surface area contributed by atoms with Crippen molar-refractivity contribution in [2.24, 2.45) is 0 Å². The number of aliphatic hydroxyl groups is 1. The van der Waals surface area contributed by atoms with Crippen molar-refractivity contribution in [3.63, 3.8) is 0 Å². The molecule has 4 aromatic rings. The Morgan fingerprint density at radius 2 is 1.09 bits per heavy atom. The maximum Gasteiger partial charge on any atom is 0.164 e. The molecule has 1 atom stereocenters. The summed E-state index contributed by atoms with van der Waals surface area (Å²) >= 11 is 0. The SMILES string of the molecule is CCCCCCCCCCCC(O)COc1ccc(-c2nc(-c3ccc(C)cc3C)nc(-c3ccc(C)cc3C)n2)cc1. The second-order valence-electron chi connectivity index (χ2n) is 12.0. The molecule has 4 rings (SSSR count). The summed E-state index contributed by atoms with van der Waals surface area (Å²) in [7, 11) is 0. The van der Waals surface area contributed by atoms with Crippen molar-refractivity contribution in [2.45, 2.75) is 105 Å². The second-order valence-corrected chi connectivity index (χ2v) is 12.0. The summed E-state index contributed by atoms with van der Waals surface area (Å²) in [6.07, 6.45) is 11.8. The van der Waals surface area contributed by atoms with E-state index >= 15 is 0 Å². The molecule has 1 N–H and O–H groups in total. The molecule has 0 amide bonds. The van der Waals surface area contributed by atoms with Gasteiger partial charge in [-0.3, -0.25) is 0 Å². The van der Waals surface area contributed by atoms with Crippen molar-refractivity contribution in [2.75, 3.05) is 6.61 Å². The predicted octanol–water partition coefficient (Wildman–Crippen LogP) is 9.77. The maximum atomic E-state index is 10.4. The topological polar surface area (TPSA) is 68.1 Å². The molecule has 0 aliphatic rings. The summed E-state index contributed by atoms with van der Waals surface area (Å²) in [5, 5.41) is 10.4. The van der Waals surface area contributed by atoms with Crippen LogP contribution in [0.5, 0.6) is 5.75 Å². The van der Waals surface area contributed by atoms with E-state index in [1.807, 2.05) is 24.3 Å². The number of ether oxygens (including phenoxy) is 1. The molecule has 1 heterocycles. The Balaban J connectivity index is 1.41. The number of rotatable bonds is 16. The summed E-state index contributed by atoms with van der Waals surface area (Å²) in [6, 6.07) is 20.5. The van der Waals surface area contributed by atoms with E-state index in [-0.39, 0.29) is 0 Å². The molecule has 0 radical (unpaired) electrons. The Labute approximate surface area is 258 Å². The molecule has 228 valence electrons. The van der Waals surface area contributed by atoms with E-state index in [9.17, 15) is 5.11 Å². The molecule has 43 heavy (non-hydrogen) atoms. The maximum absolute atomic E-state index is 10.4. The summed E-state index contributed by atoms with van der Waals surface area (Å²) in [5.74, 6) is 2.68. The fourth-order valence-corrected chi connectivity index (χ4v) is 5.54. The molecular formula is C38H49N3O2. The van der Waals surface area contributed by atoms with E-state index in [4.69, 9.17) is 19.7 Å². The first-order valence-corrected chi connectivity index (χ1v) is 16.2. The van der Waals surface area contributed by atoms with Crippen molar-refractivity contribution >= 4 is 0 Å². The minimum atomic E-state index is -0.451. The third-order valence-corrected chi connectivity index (χ3v) is 8.08. The van der Waals surface area contributed by atoms with Gasteiger partial charge in [-0.15, -0.1) is 0 Å². The average Bonchev–Trinajstić information content (AvgIpc) is 2.99. The van der Waals surface area contributed by atoms with Crippen LogP contribution in [-0.2, 0) is 0 Å². The van der Waals surface area contributed by atoms with E-state index < -0.39 is 6.10 Å². The quantitative estimate of drug-likeness (QED) is 0.134. The van der Waals surface area contributed by atoms with Gasteiger partial charge in [-0.1, -0.05) is 112 Å². The Hall–Kier alpha value is -3.57. The predicted molar refractivity (Wildman–Crippen MR) is 178 cm³/mol. The first-order valence-electron chi connectivity index (χ1n) is 16.2. The van der Waals surface area contributed by atoms with Gasteiger partial charge >= 0.3 is 0 Å². The summed E-state index contributed by atoms with van der Waals surface area (Å²) in [6.45, 7) is 10.9. The van der Waals surface area contributed by atoms with Crippen LogP contribution >= 0.6 is 0 Å². The third kappa shape index (κ3) is 9.72. The van der Waals surface area contributed by atoms with E-state index in [1.165, 1.54) is 62.5 Å². The second kappa shape index (κ2) is 16.3. The van der Waals surface area contributed by atoms with Crippen LogP contribution in [0.3, 0.4) is 0 Å². The molecule has 0 spiro atoms. The largest absolute Gasteiger partial charge is 0.491 e. The van der Waals surface area contributed by atoms with Gasteiger partial charge in [-0.25, -0.2) is 15.0 Å². The Kier molecular flexibility index (Phi) is 12.3. The van der Waals surface area contributed by atoms with Gasteiger partial charge in [0.15, 0.2) is 17.5 Å². The number of unbranched alkanes of at least 4 members (excludes halogenated alkanes) is 8. The van der Waals surface area contributed by atoms with Crippen LogP contribution < -0.4 is 4.74 Å². The van der Waals surface area contributed by atoms with E-state index in [1.54, 1.807) is 0 Å². The molecule has 0 saturated carbocycles. The van der Waals surface area contributed by atoms with E-state index in [0.717, 1.165) is 46.4 Å². The van der Waals surface area contributed by atoms with Crippen LogP contribution in [0.4, 0.5) is 0 Å². The van der Waals surface area contributed by atoms with Gasteiger partial charge in [0.1, 0.15) is 12.4 Å². The highest BCUT2D eigenvalue weighted by molar-refractivity contribution is 5.69. The smallest absolute Gasteiger partial charge is 0.164 e. The zero-order valence-corrected chi connectivity index (χ0v) is 26.8. The fourth-order valence-electron chi connectivity index (χ4n) is 5.54. The highest BCUT2D eigenvalue weighted by Gasteiger charge is 2.15. The third-order valence-electron chi connectivity index (χ3n) is 8.08. The highest BCUT2D eigenvalue weighted by atomic mass is 16.5. The fraction of sp³-hybridized carbons (Fsp3) is 0.447. The highest BCUT2D eigenvalue weighted by Crippen LogP contribution is 2.29. The molecule has 0 fully saturated rings. The molecule has 0 bridgehead atoms. The Morgan fingerprint density at radius 1 is 0.605 bits per heavy atom. The van der Waals surface area contributed by atoms with Crippen molar-refractivity contribution in [1.82, 2.24) is 15.0 Å². The van der Waals surface area contributed by atoms with E-state index in [0.29, 0.717) is 24.1 Å². The van der Waals surface area contributed by atoms with Gasteiger partial charge in [0.25, 0.3) is 0 Å². The Bertz CT molecular complexity index is 1380. The Morgan fingerprint density at radius 3 is 1.60 bits per heavy atom. The van der Waals surface area contributed by atoms with Crippen molar-refractivity contribution in [1.29, 1.82) is 0 Å². The lowest BCUT2D eigenvalue weighted by molar-refractivity contribution is 0.0975. The number of aryl methyl sites for hydroxylation is 4. The molecule has 5 nitrogen and oxygen atoms in total. The number of aromatic nitrogens is 3.